The number of carbonyl (C=O) groups excluding carboxylic acids is 1. The Morgan fingerprint density at radius 3 is 2.65 bits per heavy atom. The van der Waals surface area contributed by atoms with Gasteiger partial charge in [-0.2, -0.15) is 0 Å². The fraction of sp³-hybridized carbons (Fsp3) is 0.840. The van der Waals surface area contributed by atoms with Gasteiger partial charge in [0.1, 0.15) is 6.23 Å². The van der Waals surface area contributed by atoms with Gasteiger partial charge >= 0.3 is 0 Å². The van der Waals surface area contributed by atoms with Crippen LogP contribution < -0.4 is 16.3 Å². The van der Waals surface area contributed by atoms with Crippen molar-refractivity contribution in [1.82, 2.24) is 19.8 Å². The summed E-state index contributed by atoms with van der Waals surface area (Å²) in [5.74, 6) is 1.39. The molecule has 8 atom stereocenters. The van der Waals surface area contributed by atoms with Crippen molar-refractivity contribution in [1.29, 1.82) is 5.41 Å². The van der Waals surface area contributed by atoms with Crippen LogP contribution in [0.4, 0.5) is 0 Å². The Hall–Kier alpha value is -1.02. The van der Waals surface area contributed by atoms with E-state index in [0.717, 1.165) is 64.3 Å². The number of piperidine rings is 1. The van der Waals surface area contributed by atoms with Gasteiger partial charge in [0.2, 0.25) is 11.5 Å². The third kappa shape index (κ3) is 6.40. The van der Waals surface area contributed by atoms with Gasteiger partial charge in [-0.3, -0.25) is 15.5 Å². The average molecular weight is 515 g/mol. The Morgan fingerprint density at radius 2 is 1.94 bits per heavy atom. The van der Waals surface area contributed by atoms with Crippen LogP contribution in [0.15, 0.2) is 12.4 Å². The van der Waals surface area contributed by atoms with E-state index in [2.05, 4.69) is 10.6 Å². The van der Waals surface area contributed by atoms with E-state index in [9.17, 15) is 4.79 Å². The molecule has 7 nitrogen and oxygen atoms in total. The van der Waals surface area contributed by atoms with E-state index >= 15 is 0 Å². The number of hydrogen-bond acceptors (Lipinski definition) is 4. The monoisotopic (exact) mass is 513 g/mol. The summed E-state index contributed by atoms with van der Waals surface area (Å²) in [5, 5.41) is 15.3. The second-order valence-electron chi connectivity index (χ2n) is 10.8. The number of amides is 1. The van der Waals surface area contributed by atoms with Gasteiger partial charge in [-0.25, -0.2) is 0 Å². The van der Waals surface area contributed by atoms with Gasteiger partial charge in [0.15, 0.2) is 0 Å². The predicted octanol–water partition coefficient (Wildman–Crippen LogP) is 3.58. The molecule has 1 aliphatic heterocycles. The minimum absolute atomic E-state index is 0.00290. The van der Waals surface area contributed by atoms with E-state index in [0.29, 0.717) is 36.0 Å². The van der Waals surface area contributed by atoms with Crippen molar-refractivity contribution in [2.24, 2.45) is 30.7 Å². The summed E-state index contributed by atoms with van der Waals surface area (Å²) in [7, 11) is 3.67. The zero-order valence-corrected chi connectivity index (χ0v) is 22.0. The van der Waals surface area contributed by atoms with E-state index in [1.807, 2.05) is 28.6 Å². The molecule has 0 aromatic carbocycles. The van der Waals surface area contributed by atoms with Crippen molar-refractivity contribution in [3.63, 3.8) is 0 Å². The van der Waals surface area contributed by atoms with Gasteiger partial charge in [0.25, 0.3) is 0 Å². The number of halogens is 2. The summed E-state index contributed by atoms with van der Waals surface area (Å²) in [4.78, 5) is 13.3. The molecule has 1 aromatic rings. The Balaban J connectivity index is 1.41. The maximum Gasteiger partial charge on any atom is 0.223 e. The Labute approximate surface area is 213 Å². The molecule has 3 aliphatic rings. The number of aromatic nitrogens is 2. The molecule has 4 rings (SSSR count). The normalized spacial score (nSPS) is 36.8. The summed E-state index contributed by atoms with van der Waals surface area (Å²) >= 11 is 12.7. The predicted molar refractivity (Wildman–Crippen MR) is 135 cm³/mol. The molecule has 3 fully saturated rings. The van der Waals surface area contributed by atoms with Gasteiger partial charge in [0, 0.05) is 57.0 Å². The molecule has 1 amide bonds. The van der Waals surface area contributed by atoms with Gasteiger partial charge in [-0.1, -0.05) is 0 Å². The first-order chi connectivity index (χ1) is 16.3. The Morgan fingerprint density at radius 1 is 1.12 bits per heavy atom. The van der Waals surface area contributed by atoms with Gasteiger partial charge in [-0.15, -0.1) is 23.2 Å². The minimum Gasteiger partial charge on any atom is -0.367 e. The molecule has 0 radical (unpaired) electrons. The lowest BCUT2D eigenvalue weighted by Gasteiger charge is -2.42. The number of methoxy groups -OCH3 is 1. The Bertz CT molecular complexity index is 874. The summed E-state index contributed by atoms with van der Waals surface area (Å²) in [6, 6.07) is 0.379. The molecular weight excluding hydrogens is 473 g/mol. The minimum atomic E-state index is -0.00571. The van der Waals surface area contributed by atoms with Gasteiger partial charge in [0.05, 0.1) is 5.38 Å². The standard InChI is InChI=1S/C25H41Cl2N5O2/c1-31-8-9-32(25(31)28)15-17-10-18(22-4-3-5-23(30-22)34-2)13-19(11-17)24(33)29-14-16-6-7-20(26)21(27)12-16/h8-9,16-23,28,30H,3-7,10-15H2,1-2H3,(H,29,33). The highest BCUT2D eigenvalue weighted by molar-refractivity contribution is 6.30. The molecular formula is C25H41Cl2N5O2. The largest absolute Gasteiger partial charge is 0.367 e. The molecule has 2 heterocycles. The Kier molecular flexibility index (Phi) is 9.05. The summed E-state index contributed by atoms with van der Waals surface area (Å²) in [6.45, 7) is 1.48. The molecule has 9 heteroatoms. The SMILES string of the molecule is COC1CCCC(C2CC(Cn3ccn(C)c3=N)CC(C(=O)NCC3CCC(Cl)C(Cl)C3)C2)N1. The number of alkyl halides is 2. The van der Waals surface area contributed by atoms with Crippen LogP contribution in [0.2, 0.25) is 0 Å². The third-order valence-electron chi connectivity index (χ3n) is 8.34. The smallest absolute Gasteiger partial charge is 0.223 e. The molecule has 8 unspecified atom stereocenters. The molecule has 3 N–H and O–H groups in total. The number of imidazole rings is 1. The number of nitrogens with one attached hydrogen (secondary N) is 3. The van der Waals surface area contributed by atoms with E-state index < -0.39 is 0 Å². The lowest BCUT2D eigenvalue weighted by Crippen LogP contribution is -2.50. The highest BCUT2D eigenvalue weighted by atomic mass is 35.5. The van der Waals surface area contributed by atoms with Crippen molar-refractivity contribution < 1.29 is 9.53 Å². The van der Waals surface area contributed by atoms with E-state index in [1.54, 1.807) is 7.11 Å². The number of rotatable bonds is 7. The number of aryl methyl sites for hydroxylation is 1. The van der Waals surface area contributed by atoms with Crippen LogP contribution in [0.5, 0.6) is 0 Å². The first kappa shape index (κ1) is 26.1. The van der Waals surface area contributed by atoms with Crippen molar-refractivity contribution in [2.75, 3.05) is 13.7 Å². The number of hydrogen-bond donors (Lipinski definition) is 3. The summed E-state index contributed by atoms with van der Waals surface area (Å²) in [5.41, 5.74) is 0.504. The fourth-order valence-corrected chi connectivity index (χ4v) is 6.95. The maximum atomic E-state index is 13.3. The highest BCUT2D eigenvalue weighted by Gasteiger charge is 2.38. The second kappa shape index (κ2) is 11.8. The topological polar surface area (TPSA) is 84.1 Å². The maximum absolute atomic E-state index is 13.3. The second-order valence-corrected chi connectivity index (χ2v) is 11.9. The highest BCUT2D eigenvalue weighted by Crippen LogP contribution is 2.39. The third-order valence-corrected chi connectivity index (χ3v) is 9.48. The van der Waals surface area contributed by atoms with Crippen LogP contribution in [0.1, 0.15) is 57.8 Å². The van der Waals surface area contributed by atoms with Crippen LogP contribution in [0.3, 0.4) is 0 Å². The van der Waals surface area contributed by atoms with Crippen molar-refractivity contribution >= 4 is 29.1 Å². The van der Waals surface area contributed by atoms with Crippen LogP contribution >= 0.6 is 23.2 Å². The average Bonchev–Trinajstić information content (AvgIpc) is 3.16. The lowest BCUT2D eigenvalue weighted by molar-refractivity contribution is -0.127. The zero-order chi connectivity index (χ0) is 24.2. The molecule has 1 aromatic heterocycles. The van der Waals surface area contributed by atoms with E-state index in [-0.39, 0.29) is 28.8 Å². The zero-order valence-electron chi connectivity index (χ0n) is 20.5. The summed E-state index contributed by atoms with van der Waals surface area (Å²) in [6.07, 6.45) is 13.0. The molecule has 2 aliphatic carbocycles. The molecule has 34 heavy (non-hydrogen) atoms. The molecule has 0 bridgehead atoms. The van der Waals surface area contributed by atoms with E-state index in [1.165, 1.54) is 0 Å². The van der Waals surface area contributed by atoms with Gasteiger partial charge in [-0.05, 0) is 75.5 Å². The van der Waals surface area contributed by atoms with Gasteiger partial charge < -0.3 is 19.2 Å². The van der Waals surface area contributed by atoms with Crippen LogP contribution in [0, 0.1) is 29.1 Å². The number of carbonyl (C=O) groups is 1. The van der Waals surface area contributed by atoms with Crippen molar-refractivity contribution in [3.8, 4) is 0 Å². The first-order valence-corrected chi connectivity index (χ1v) is 13.8. The molecule has 2 saturated carbocycles. The quantitative estimate of drug-likeness (QED) is 0.487. The van der Waals surface area contributed by atoms with E-state index in [4.69, 9.17) is 33.3 Å². The van der Waals surface area contributed by atoms with Crippen molar-refractivity contribution in [2.45, 2.75) is 87.4 Å². The number of nitrogens with zero attached hydrogens (tertiary/aromatic N) is 2. The van der Waals surface area contributed by atoms with Crippen LogP contribution in [-0.2, 0) is 23.1 Å². The lowest BCUT2D eigenvalue weighted by atomic mass is 9.70. The van der Waals surface area contributed by atoms with Crippen LogP contribution in [-0.4, -0.2) is 51.7 Å². The molecule has 0 spiro atoms. The first-order valence-electron chi connectivity index (χ1n) is 12.9. The number of ether oxygens (including phenoxy) is 1. The summed E-state index contributed by atoms with van der Waals surface area (Å²) < 4.78 is 9.45. The fourth-order valence-electron chi connectivity index (χ4n) is 6.35. The molecule has 192 valence electrons. The van der Waals surface area contributed by atoms with Crippen molar-refractivity contribution in [3.05, 3.63) is 18.0 Å². The van der Waals surface area contributed by atoms with Crippen LogP contribution in [0.25, 0.3) is 0 Å². The molecule has 1 saturated heterocycles.